The van der Waals surface area contributed by atoms with Gasteiger partial charge in [0.1, 0.15) is 29.7 Å². The van der Waals surface area contributed by atoms with Crippen molar-refractivity contribution in [2.75, 3.05) is 25.0 Å². The van der Waals surface area contributed by atoms with E-state index in [4.69, 9.17) is 10.8 Å². The minimum atomic E-state index is -0.959. The van der Waals surface area contributed by atoms with E-state index >= 15 is 0 Å². The van der Waals surface area contributed by atoms with Crippen molar-refractivity contribution < 1.29 is 28.3 Å². The summed E-state index contributed by atoms with van der Waals surface area (Å²) >= 11 is 3.11. The summed E-state index contributed by atoms with van der Waals surface area (Å²) in [7, 11) is 0. The number of nitrogens with zero attached hydrogens (tertiary/aromatic N) is 3. The van der Waals surface area contributed by atoms with Crippen molar-refractivity contribution in [2.45, 2.75) is 58.5 Å². The van der Waals surface area contributed by atoms with Crippen LogP contribution in [0.4, 0.5) is 8.78 Å². The molecule has 9 nitrogen and oxygen atoms in total. The van der Waals surface area contributed by atoms with Crippen LogP contribution < -0.4 is 11.1 Å². The first-order chi connectivity index (χ1) is 20.8. The Balaban J connectivity index is 1.97. The van der Waals surface area contributed by atoms with Crippen LogP contribution in [0.5, 0.6) is 0 Å². The first-order valence-electron chi connectivity index (χ1n) is 14.4. The topological polar surface area (TPSA) is 131 Å². The second-order valence-corrected chi connectivity index (χ2v) is 12.3. The molecule has 44 heavy (non-hydrogen) atoms. The highest BCUT2D eigenvalue weighted by Crippen LogP contribution is 2.40. The van der Waals surface area contributed by atoms with Crippen LogP contribution in [0.15, 0.2) is 54.7 Å². The molecule has 4 N–H and O–H groups in total. The van der Waals surface area contributed by atoms with Crippen LogP contribution in [0.1, 0.15) is 62.9 Å². The number of alkyl halides is 1. The van der Waals surface area contributed by atoms with Crippen LogP contribution in [0.3, 0.4) is 0 Å². The Kier molecular flexibility index (Phi) is 12.7. The molecule has 3 rings (SSSR count). The van der Waals surface area contributed by atoms with Gasteiger partial charge in [0, 0.05) is 43.8 Å². The van der Waals surface area contributed by atoms with Gasteiger partial charge in [0.2, 0.25) is 11.8 Å². The lowest BCUT2D eigenvalue weighted by molar-refractivity contribution is -0.140. The smallest absolute Gasteiger partial charge is 0.248 e. The number of hydrogen-bond donors (Lipinski definition) is 3. The number of aliphatic hydroxyl groups excluding tert-OH is 1. The molecular formula is C32H40BrF2N5O4. The summed E-state index contributed by atoms with van der Waals surface area (Å²) in [6.45, 7) is 5.23. The first kappa shape index (κ1) is 35.0. The minimum absolute atomic E-state index is 0.0178. The Morgan fingerprint density at radius 3 is 2.48 bits per heavy atom. The lowest BCUT2D eigenvalue weighted by atomic mass is 9.81. The molecule has 0 spiro atoms. The number of rotatable bonds is 15. The third kappa shape index (κ3) is 9.51. The third-order valence-electron chi connectivity index (χ3n) is 7.16. The maximum Gasteiger partial charge on any atom is 0.248 e. The summed E-state index contributed by atoms with van der Waals surface area (Å²) in [6, 6.07) is 10.9. The number of aliphatic hydroxyl groups is 1. The standard InChI is InChI=1S/C32H40BrF2N5O4/c1-32(2,3)30(39(28(43)20-41)15-13-26(36)31(44)37-14-7-10-24(42)18-33)29-22(16-21-8-5-4-6-9-21)19-40(38-29)27-17-23(34)11-12-25(27)35/h4-6,8-9,11-12,17,19,26,30,41H,7,10,13-16,18,20,36H2,1-3H3,(H,37,44)/t26-,30-/m0/s1. The fraction of sp³-hybridized carbons (Fsp3) is 0.438. The van der Waals surface area contributed by atoms with E-state index in [2.05, 4.69) is 21.2 Å². The summed E-state index contributed by atoms with van der Waals surface area (Å²) in [5, 5.41) is 17.6. The first-order valence-corrected chi connectivity index (χ1v) is 15.6. The van der Waals surface area contributed by atoms with E-state index in [0.29, 0.717) is 30.5 Å². The van der Waals surface area contributed by atoms with Crippen molar-refractivity contribution in [2.24, 2.45) is 11.1 Å². The number of benzene rings is 2. The van der Waals surface area contributed by atoms with Crippen molar-refractivity contribution in [1.29, 1.82) is 0 Å². The van der Waals surface area contributed by atoms with Gasteiger partial charge < -0.3 is 21.1 Å². The molecule has 2 amide bonds. The second kappa shape index (κ2) is 16.0. The zero-order valence-electron chi connectivity index (χ0n) is 25.2. The summed E-state index contributed by atoms with van der Waals surface area (Å²) in [5.41, 5.74) is 7.51. The van der Waals surface area contributed by atoms with Crippen LogP contribution in [0.25, 0.3) is 5.69 Å². The quantitative estimate of drug-likeness (QED) is 0.163. The summed E-state index contributed by atoms with van der Waals surface area (Å²) in [4.78, 5) is 38.8. The number of nitrogens with two attached hydrogens (primary N) is 1. The second-order valence-electron chi connectivity index (χ2n) is 11.7. The molecule has 0 aliphatic heterocycles. The maximum atomic E-state index is 14.9. The van der Waals surface area contributed by atoms with Crippen LogP contribution in [-0.2, 0) is 20.8 Å². The summed E-state index contributed by atoms with van der Waals surface area (Å²) in [5.74, 6) is -2.28. The number of nitrogens with one attached hydrogen (secondary N) is 1. The van der Waals surface area contributed by atoms with Crippen molar-refractivity contribution in [3.8, 4) is 5.69 Å². The van der Waals surface area contributed by atoms with Crippen LogP contribution in [0, 0.1) is 17.0 Å². The molecule has 2 aromatic carbocycles. The number of amides is 2. The molecule has 0 saturated carbocycles. The van der Waals surface area contributed by atoms with Crippen molar-refractivity contribution >= 4 is 33.5 Å². The van der Waals surface area contributed by atoms with E-state index in [1.807, 2.05) is 51.1 Å². The fourth-order valence-corrected chi connectivity index (χ4v) is 5.29. The number of hydrogen-bond acceptors (Lipinski definition) is 6. The molecule has 2 atom stereocenters. The molecular weight excluding hydrogens is 636 g/mol. The van der Waals surface area contributed by atoms with Crippen molar-refractivity contribution in [3.05, 3.63) is 83.2 Å². The van der Waals surface area contributed by atoms with E-state index in [-0.39, 0.29) is 36.3 Å². The normalized spacial score (nSPS) is 12.9. The van der Waals surface area contributed by atoms with Crippen LogP contribution in [-0.4, -0.2) is 68.5 Å². The monoisotopic (exact) mass is 675 g/mol. The molecule has 1 aromatic heterocycles. The van der Waals surface area contributed by atoms with Gasteiger partial charge in [0.25, 0.3) is 0 Å². The zero-order chi connectivity index (χ0) is 32.4. The Morgan fingerprint density at radius 1 is 1.14 bits per heavy atom. The molecule has 0 aliphatic carbocycles. The lowest BCUT2D eigenvalue weighted by Gasteiger charge is -2.40. The summed E-state index contributed by atoms with van der Waals surface area (Å²) < 4.78 is 30.3. The number of carbonyl (C=O) groups excluding carboxylic acids is 3. The van der Waals surface area contributed by atoms with Gasteiger partial charge in [-0.1, -0.05) is 67.0 Å². The number of aromatic nitrogens is 2. The average molecular weight is 677 g/mol. The molecule has 0 radical (unpaired) electrons. The molecule has 12 heteroatoms. The Hall–Kier alpha value is -3.48. The van der Waals surface area contributed by atoms with E-state index in [0.717, 1.165) is 23.8 Å². The van der Waals surface area contributed by atoms with Gasteiger partial charge in [-0.25, -0.2) is 13.5 Å². The van der Waals surface area contributed by atoms with Gasteiger partial charge >= 0.3 is 0 Å². The van der Waals surface area contributed by atoms with Crippen LogP contribution in [0.2, 0.25) is 0 Å². The van der Waals surface area contributed by atoms with Crippen molar-refractivity contribution in [3.63, 3.8) is 0 Å². The predicted octanol–water partition coefficient (Wildman–Crippen LogP) is 4.23. The molecule has 3 aromatic rings. The molecule has 0 aliphatic rings. The molecule has 238 valence electrons. The average Bonchev–Trinajstić information content (AvgIpc) is 3.39. The van der Waals surface area contributed by atoms with Crippen LogP contribution >= 0.6 is 15.9 Å². The maximum absolute atomic E-state index is 14.9. The third-order valence-corrected chi connectivity index (χ3v) is 7.79. The number of Topliss-reactive ketones (excluding diaryl/α,β-unsaturated/α-hetero) is 1. The fourth-order valence-electron chi connectivity index (χ4n) is 5.01. The Bertz CT molecular complexity index is 1430. The number of ketones is 1. The molecule has 1 heterocycles. The van der Waals surface area contributed by atoms with Gasteiger partial charge in [0.05, 0.1) is 23.1 Å². The molecule has 0 unspecified atom stereocenters. The minimum Gasteiger partial charge on any atom is -0.387 e. The van der Waals surface area contributed by atoms with E-state index in [1.165, 1.54) is 9.58 Å². The van der Waals surface area contributed by atoms with Gasteiger partial charge in [0.15, 0.2) is 0 Å². The van der Waals surface area contributed by atoms with Gasteiger partial charge in [-0.15, -0.1) is 0 Å². The predicted molar refractivity (Wildman–Crippen MR) is 167 cm³/mol. The zero-order valence-corrected chi connectivity index (χ0v) is 26.8. The van der Waals surface area contributed by atoms with E-state index in [1.54, 1.807) is 6.20 Å². The van der Waals surface area contributed by atoms with E-state index < -0.39 is 47.6 Å². The number of halogens is 3. The Morgan fingerprint density at radius 2 is 1.84 bits per heavy atom. The lowest BCUT2D eigenvalue weighted by Crippen LogP contribution is -2.47. The molecule has 0 bridgehead atoms. The SMILES string of the molecule is CC(C)(C)[C@H](c1nn(-c2cc(F)ccc2F)cc1Cc1ccccc1)N(CC[C@H](N)C(=O)NCCCC(=O)CBr)C(=O)CO. The highest BCUT2D eigenvalue weighted by atomic mass is 79.9. The largest absolute Gasteiger partial charge is 0.387 e. The summed E-state index contributed by atoms with van der Waals surface area (Å²) in [6.07, 6.45) is 2.89. The highest BCUT2D eigenvalue weighted by Gasteiger charge is 2.38. The van der Waals surface area contributed by atoms with Gasteiger partial charge in [-0.05, 0) is 36.0 Å². The number of carbonyl (C=O) groups is 3. The van der Waals surface area contributed by atoms with E-state index in [9.17, 15) is 28.3 Å². The molecule has 0 fully saturated rings. The van der Waals surface area contributed by atoms with Crippen molar-refractivity contribution in [1.82, 2.24) is 20.0 Å². The highest BCUT2D eigenvalue weighted by molar-refractivity contribution is 9.09. The van der Waals surface area contributed by atoms with Gasteiger partial charge in [-0.2, -0.15) is 5.10 Å². The van der Waals surface area contributed by atoms with Gasteiger partial charge in [-0.3, -0.25) is 14.4 Å². The Labute approximate surface area is 264 Å². The molecule has 0 saturated heterocycles.